The quantitative estimate of drug-likeness (QED) is 0.578. The number of carbonyl (C=O) groups excluding carboxylic acids is 1. The van der Waals surface area contributed by atoms with Crippen molar-refractivity contribution in [2.45, 2.75) is 19.5 Å². The van der Waals surface area contributed by atoms with Crippen molar-refractivity contribution < 1.29 is 13.9 Å². The molecule has 0 spiro atoms. The van der Waals surface area contributed by atoms with Crippen LogP contribution >= 0.6 is 11.3 Å². The molecule has 8 heteroatoms. The zero-order valence-corrected chi connectivity index (χ0v) is 18.4. The predicted molar refractivity (Wildman–Crippen MR) is 122 cm³/mol. The summed E-state index contributed by atoms with van der Waals surface area (Å²) in [5.41, 5.74) is 1.85. The molecule has 6 nitrogen and oxygen atoms in total. The van der Waals surface area contributed by atoms with Gasteiger partial charge in [-0.3, -0.25) is 14.6 Å². The van der Waals surface area contributed by atoms with Gasteiger partial charge in [0.15, 0.2) is 5.13 Å². The van der Waals surface area contributed by atoms with E-state index in [1.54, 1.807) is 6.07 Å². The van der Waals surface area contributed by atoms with Crippen molar-refractivity contribution in [1.29, 1.82) is 0 Å². The van der Waals surface area contributed by atoms with Crippen molar-refractivity contribution in [3.63, 3.8) is 0 Å². The van der Waals surface area contributed by atoms with E-state index in [9.17, 15) is 9.18 Å². The molecule has 1 aliphatic rings. The van der Waals surface area contributed by atoms with Crippen LogP contribution in [0.15, 0.2) is 48.5 Å². The summed E-state index contributed by atoms with van der Waals surface area (Å²) >= 11 is 1.28. The zero-order valence-electron chi connectivity index (χ0n) is 17.6. The van der Waals surface area contributed by atoms with Crippen LogP contribution < -0.4 is 5.32 Å². The van der Waals surface area contributed by atoms with Crippen LogP contribution in [0.2, 0.25) is 0 Å². The first-order valence-electron chi connectivity index (χ1n) is 10.5. The van der Waals surface area contributed by atoms with E-state index in [2.05, 4.69) is 39.2 Å². The molecule has 1 unspecified atom stereocenters. The molecule has 0 saturated carbocycles. The Morgan fingerprint density at radius 3 is 2.81 bits per heavy atom. The highest BCUT2D eigenvalue weighted by Crippen LogP contribution is 2.26. The molecule has 0 radical (unpaired) electrons. The van der Waals surface area contributed by atoms with E-state index in [1.807, 2.05) is 18.2 Å². The van der Waals surface area contributed by atoms with Crippen LogP contribution in [0, 0.1) is 5.82 Å². The van der Waals surface area contributed by atoms with Gasteiger partial charge in [-0.2, -0.15) is 0 Å². The van der Waals surface area contributed by atoms with Gasteiger partial charge in [0.25, 0.3) is 0 Å². The maximum absolute atomic E-state index is 13.4. The Labute approximate surface area is 185 Å². The first-order chi connectivity index (χ1) is 15.1. The number of fused-ring (bicyclic) bond motifs is 1. The number of halogens is 1. The third kappa shape index (κ3) is 6.07. The minimum atomic E-state index is -0.306. The molecule has 1 aromatic heterocycles. The third-order valence-electron chi connectivity index (χ3n) is 5.42. The summed E-state index contributed by atoms with van der Waals surface area (Å²) in [6, 6.07) is 14.8. The maximum Gasteiger partial charge on any atom is 0.240 e. The average Bonchev–Trinajstić information content (AvgIpc) is 3.15. The lowest BCUT2D eigenvalue weighted by Gasteiger charge is -2.34. The molecule has 2 heterocycles. The van der Waals surface area contributed by atoms with Crippen LogP contribution in [-0.4, -0.2) is 66.1 Å². The Kier molecular flexibility index (Phi) is 7.24. The summed E-state index contributed by atoms with van der Waals surface area (Å²) in [5.74, 6) is -0.427. The second-order valence-corrected chi connectivity index (χ2v) is 8.86. The number of rotatable bonds is 8. The number of nitrogens with one attached hydrogen (secondary N) is 1. The van der Waals surface area contributed by atoms with Gasteiger partial charge in [-0.15, -0.1) is 0 Å². The number of amides is 1. The molecular formula is C23H27FN4O2S. The molecule has 2 aromatic carbocycles. The number of morpholine rings is 1. The highest BCUT2D eigenvalue weighted by atomic mass is 32.1. The smallest absolute Gasteiger partial charge is 0.240 e. The van der Waals surface area contributed by atoms with Gasteiger partial charge in [-0.1, -0.05) is 41.7 Å². The lowest BCUT2D eigenvalue weighted by atomic mass is 10.1. The number of hydrogen-bond donors (Lipinski definition) is 1. The van der Waals surface area contributed by atoms with Gasteiger partial charge in [0, 0.05) is 32.2 Å². The van der Waals surface area contributed by atoms with Gasteiger partial charge in [0.1, 0.15) is 5.82 Å². The van der Waals surface area contributed by atoms with Crippen molar-refractivity contribution in [3.8, 4) is 0 Å². The van der Waals surface area contributed by atoms with E-state index in [0.717, 1.165) is 37.5 Å². The number of carbonyl (C=O) groups is 1. The van der Waals surface area contributed by atoms with E-state index >= 15 is 0 Å². The molecule has 1 atom stereocenters. The van der Waals surface area contributed by atoms with Crippen LogP contribution in [0.4, 0.5) is 9.52 Å². The lowest BCUT2D eigenvalue weighted by Crippen LogP contribution is -2.47. The normalized spacial score (nSPS) is 16.0. The molecule has 1 amide bonds. The lowest BCUT2D eigenvalue weighted by molar-refractivity contribution is -0.118. The number of anilines is 1. The summed E-state index contributed by atoms with van der Waals surface area (Å²) < 4.78 is 19.6. The van der Waals surface area contributed by atoms with Gasteiger partial charge in [0.2, 0.25) is 5.91 Å². The number of benzene rings is 2. The van der Waals surface area contributed by atoms with Crippen molar-refractivity contribution in [3.05, 3.63) is 59.9 Å². The highest BCUT2D eigenvalue weighted by molar-refractivity contribution is 7.22. The van der Waals surface area contributed by atoms with E-state index < -0.39 is 0 Å². The van der Waals surface area contributed by atoms with E-state index in [1.165, 1.54) is 29.0 Å². The molecule has 1 fully saturated rings. The molecule has 31 heavy (non-hydrogen) atoms. The molecule has 0 aliphatic carbocycles. The Morgan fingerprint density at radius 1 is 1.26 bits per heavy atom. The number of hydrogen-bond acceptors (Lipinski definition) is 6. The van der Waals surface area contributed by atoms with Crippen molar-refractivity contribution in [1.82, 2.24) is 14.8 Å². The Hall–Kier alpha value is -2.39. The second kappa shape index (κ2) is 10.3. The largest absolute Gasteiger partial charge is 0.379 e. The standard InChI is InChI=1S/C23H27FN4O2S/c1-17(14-27-9-11-30-12-10-27)28(15-18-5-3-2-4-6-18)16-22(29)26-23-25-20-8-7-19(24)13-21(20)31-23/h2-8,13,17H,9-12,14-16H2,1H3,(H,25,26,29). The molecule has 4 rings (SSSR count). The van der Waals surface area contributed by atoms with E-state index in [-0.39, 0.29) is 24.3 Å². The van der Waals surface area contributed by atoms with Crippen LogP contribution in [0.1, 0.15) is 12.5 Å². The number of ether oxygens (including phenoxy) is 1. The number of thiazole rings is 1. The number of aromatic nitrogens is 1. The molecule has 164 valence electrons. The molecule has 1 N–H and O–H groups in total. The predicted octanol–water partition coefficient (Wildman–Crippen LogP) is 3.60. The third-order valence-corrected chi connectivity index (χ3v) is 6.36. The van der Waals surface area contributed by atoms with Crippen LogP contribution in [0.25, 0.3) is 10.2 Å². The maximum atomic E-state index is 13.4. The summed E-state index contributed by atoms with van der Waals surface area (Å²) in [6.45, 7) is 7.32. The average molecular weight is 443 g/mol. The van der Waals surface area contributed by atoms with Gasteiger partial charge in [-0.05, 0) is 30.7 Å². The summed E-state index contributed by atoms with van der Waals surface area (Å²) in [7, 11) is 0. The fraction of sp³-hybridized carbons (Fsp3) is 0.391. The Balaban J connectivity index is 1.43. The van der Waals surface area contributed by atoms with E-state index in [4.69, 9.17) is 4.74 Å². The van der Waals surface area contributed by atoms with Crippen molar-refractivity contribution >= 4 is 32.6 Å². The molecule has 1 aliphatic heterocycles. The summed E-state index contributed by atoms with van der Waals surface area (Å²) in [6.07, 6.45) is 0. The van der Waals surface area contributed by atoms with Crippen molar-refractivity contribution in [2.75, 3.05) is 44.7 Å². The van der Waals surface area contributed by atoms with Crippen LogP contribution in [0.5, 0.6) is 0 Å². The molecule has 3 aromatic rings. The highest BCUT2D eigenvalue weighted by Gasteiger charge is 2.22. The van der Waals surface area contributed by atoms with Gasteiger partial charge in [0.05, 0.1) is 30.0 Å². The Bertz CT molecular complexity index is 1010. The molecule has 1 saturated heterocycles. The van der Waals surface area contributed by atoms with Gasteiger partial charge in [-0.25, -0.2) is 9.37 Å². The second-order valence-electron chi connectivity index (χ2n) is 7.83. The fourth-order valence-electron chi connectivity index (χ4n) is 3.75. The SMILES string of the molecule is CC(CN1CCOCC1)N(CC(=O)Nc1nc2ccc(F)cc2s1)Cc1ccccc1. The molecular weight excluding hydrogens is 415 g/mol. The fourth-order valence-corrected chi connectivity index (χ4v) is 4.66. The monoisotopic (exact) mass is 442 g/mol. The topological polar surface area (TPSA) is 57.7 Å². The van der Waals surface area contributed by atoms with Gasteiger partial charge >= 0.3 is 0 Å². The van der Waals surface area contributed by atoms with E-state index in [0.29, 0.717) is 17.2 Å². The van der Waals surface area contributed by atoms with Crippen LogP contribution in [-0.2, 0) is 16.1 Å². The first-order valence-corrected chi connectivity index (χ1v) is 11.3. The Morgan fingerprint density at radius 2 is 2.03 bits per heavy atom. The van der Waals surface area contributed by atoms with Crippen molar-refractivity contribution in [2.24, 2.45) is 0 Å². The minimum Gasteiger partial charge on any atom is -0.379 e. The van der Waals surface area contributed by atoms with Gasteiger partial charge < -0.3 is 10.1 Å². The zero-order chi connectivity index (χ0) is 21.6. The minimum absolute atomic E-state index is 0.121. The molecule has 0 bridgehead atoms. The number of nitrogens with zero attached hydrogens (tertiary/aromatic N) is 3. The van der Waals surface area contributed by atoms with Crippen LogP contribution in [0.3, 0.4) is 0 Å². The summed E-state index contributed by atoms with van der Waals surface area (Å²) in [5, 5.41) is 3.39. The first kappa shape index (κ1) is 21.8. The summed E-state index contributed by atoms with van der Waals surface area (Å²) in [4.78, 5) is 21.8.